The van der Waals surface area contributed by atoms with Crippen molar-refractivity contribution in [1.82, 2.24) is 4.90 Å². The first kappa shape index (κ1) is 12.9. The fourth-order valence-electron chi connectivity index (χ4n) is 2.21. The Balaban J connectivity index is 2.08. The molecule has 0 aliphatic carbocycles. The number of nitrogen functional groups attached to an aromatic ring is 1. The van der Waals surface area contributed by atoms with Gasteiger partial charge in [0.15, 0.2) is 0 Å². The van der Waals surface area contributed by atoms with Crippen LogP contribution in [0.4, 0.5) is 5.69 Å². The van der Waals surface area contributed by atoms with E-state index in [9.17, 15) is 0 Å². The van der Waals surface area contributed by atoms with E-state index in [1.165, 1.54) is 5.56 Å². The van der Waals surface area contributed by atoms with Crippen molar-refractivity contribution in [3.63, 3.8) is 0 Å². The number of nitrogens with zero attached hydrogens (tertiary/aromatic N) is 1. The Morgan fingerprint density at radius 2 is 2.24 bits per heavy atom. The number of nitrogens with two attached hydrogens (primary N) is 1. The van der Waals surface area contributed by atoms with E-state index < -0.39 is 0 Å². The Morgan fingerprint density at radius 3 is 2.94 bits per heavy atom. The zero-order valence-corrected chi connectivity index (χ0v) is 12.0. The Morgan fingerprint density at radius 1 is 1.47 bits per heavy atom. The summed E-state index contributed by atoms with van der Waals surface area (Å²) in [6.45, 7) is 7.91. The maximum absolute atomic E-state index is 5.89. The van der Waals surface area contributed by atoms with Crippen LogP contribution in [-0.2, 0) is 11.3 Å². The fourth-order valence-corrected chi connectivity index (χ4v) is 2.60. The van der Waals surface area contributed by atoms with Gasteiger partial charge in [0.25, 0.3) is 0 Å². The number of anilines is 1. The maximum Gasteiger partial charge on any atom is 0.0753 e. The van der Waals surface area contributed by atoms with Gasteiger partial charge in [-0.2, -0.15) is 0 Å². The summed E-state index contributed by atoms with van der Waals surface area (Å²) in [7, 11) is 0. The SMILES string of the molecule is CC1(C)CN(Cc2cccc(N)c2Br)CCO1. The Hall–Kier alpha value is -0.580. The van der Waals surface area contributed by atoms with Crippen LogP contribution in [0.2, 0.25) is 0 Å². The average Bonchev–Trinajstić information content (AvgIpc) is 2.23. The molecule has 1 fully saturated rings. The molecule has 0 saturated carbocycles. The lowest BCUT2D eigenvalue weighted by atomic mass is 10.1. The average molecular weight is 299 g/mol. The monoisotopic (exact) mass is 298 g/mol. The first-order valence-corrected chi connectivity index (χ1v) is 6.66. The van der Waals surface area contributed by atoms with Crippen LogP contribution < -0.4 is 5.73 Å². The predicted octanol–water partition coefficient (Wildman–Crippen LogP) is 2.64. The molecule has 0 atom stereocenters. The zero-order valence-electron chi connectivity index (χ0n) is 10.4. The van der Waals surface area contributed by atoms with Crippen molar-refractivity contribution in [2.75, 3.05) is 25.4 Å². The largest absolute Gasteiger partial charge is 0.398 e. The summed E-state index contributed by atoms with van der Waals surface area (Å²) in [5.41, 5.74) is 7.88. The minimum absolute atomic E-state index is 0.0505. The molecule has 1 aliphatic heterocycles. The molecular weight excluding hydrogens is 280 g/mol. The van der Waals surface area contributed by atoms with Crippen LogP contribution in [0.5, 0.6) is 0 Å². The number of ether oxygens (including phenoxy) is 1. The maximum atomic E-state index is 5.89. The van der Waals surface area contributed by atoms with Crippen molar-refractivity contribution in [3.8, 4) is 0 Å². The van der Waals surface area contributed by atoms with Crippen molar-refractivity contribution in [2.24, 2.45) is 0 Å². The molecule has 2 rings (SSSR count). The minimum Gasteiger partial charge on any atom is -0.398 e. The van der Waals surface area contributed by atoms with E-state index >= 15 is 0 Å². The smallest absolute Gasteiger partial charge is 0.0753 e. The van der Waals surface area contributed by atoms with Gasteiger partial charge in [-0.05, 0) is 41.4 Å². The molecule has 0 amide bonds. The van der Waals surface area contributed by atoms with Crippen molar-refractivity contribution in [3.05, 3.63) is 28.2 Å². The number of benzene rings is 1. The van der Waals surface area contributed by atoms with Gasteiger partial charge in [0, 0.05) is 29.8 Å². The van der Waals surface area contributed by atoms with E-state index in [1.54, 1.807) is 0 Å². The highest BCUT2D eigenvalue weighted by atomic mass is 79.9. The van der Waals surface area contributed by atoms with Crippen LogP contribution in [0.1, 0.15) is 19.4 Å². The van der Waals surface area contributed by atoms with E-state index in [0.717, 1.165) is 36.4 Å². The molecule has 1 aliphatic rings. The first-order valence-electron chi connectivity index (χ1n) is 5.87. The highest BCUT2D eigenvalue weighted by molar-refractivity contribution is 9.10. The quantitative estimate of drug-likeness (QED) is 0.853. The van der Waals surface area contributed by atoms with Gasteiger partial charge in [0.05, 0.1) is 12.2 Å². The molecule has 4 heteroatoms. The normalized spacial score (nSPS) is 20.4. The summed E-state index contributed by atoms with van der Waals surface area (Å²) in [5.74, 6) is 0. The predicted molar refractivity (Wildman–Crippen MR) is 73.9 cm³/mol. The zero-order chi connectivity index (χ0) is 12.5. The van der Waals surface area contributed by atoms with E-state index in [-0.39, 0.29) is 5.60 Å². The molecule has 0 aromatic heterocycles. The summed E-state index contributed by atoms with van der Waals surface area (Å²) in [4.78, 5) is 2.41. The lowest BCUT2D eigenvalue weighted by Crippen LogP contribution is -2.47. The molecule has 2 N–H and O–H groups in total. The lowest BCUT2D eigenvalue weighted by Gasteiger charge is -2.38. The van der Waals surface area contributed by atoms with Crippen LogP contribution in [0.25, 0.3) is 0 Å². The van der Waals surface area contributed by atoms with Crippen LogP contribution >= 0.6 is 15.9 Å². The number of morpholine rings is 1. The van der Waals surface area contributed by atoms with Crippen LogP contribution in [0.3, 0.4) is 0 Å². The molecule has 0 unspecified atom stereocenters. The minimum atomic E-state index is -0.0505. The van der Waals surface area contributed by atoms with E-state index in [4.69, 9.17) is 10.5 Å². The number of hydrogen-bond acceptors (Lipinski definition) is 3. The second-order valence-electron chi connectivity index (χ2n) is 5.14. The van der Waals surface area contributed by atoms with Crippen LogP contribution in [-0.4, -0.2) is 30.2 Å². The number of hydrogen-bond donors (Lipinski definition) is 1. The summed E-state index contributed by atoms with van der Waals surface area (Å²) < 4.78 is 6.73. The van der Waals surface area contributed by atoms with Crippen LogP contribution in [0, 0.1) is 0 Å². The van der Waals surface area contributed by atoms with Gasteiger partial charge in [0.1, 0.15) is 0 Å². The van der Waals surface area contributed by atoms with E-state index in [0.29, 0.717) is 0 Å². The van der Waals surface area contributed by atoms with Gasteiger partial charge in [-0.3, -0.25) is 4.90 Å². The van der Waals surface area contributed by atoms with Gasteiger partial charge in [-0.25, -0.2) is 0 Å². The third kappa shape index (κ3) is 3.21. The molecule has 0 spiro atoms. The van der Waals surface area contributed by atoms with Gasteiger partial charge in [-0.15, -0.1) is 0 Å². The second kappa shape index (κ2) is 4.96. The van der Waals surface area contributed by atoms with Crippen molar-refractivity contribution >= 4 is 21.6 Å². The number of rotatable bonds is 2. The molecule has 3 nitrogen and oxygen atoms in total. The Bertz CT molecular complexity index is 406. The molecule has 1 aromatic rings. The van der Waals surface area contributed by atoms with Gasteiger partial charge >= 0.3 is 0 Å². The lowest BCUT2D eigenvalue weighted by molar-refractivity contribution is -0.0883. The molecule has 1 saturated heterocycles. The summed E-state index contributed by atoms with van der Waals surface area (Å²) >= 11 is 3.55. The standard InChI is InChI=1S/C13H19BrN2O/c1-13(2)9-16(6-7-17-13)8-10-4-3-5-11(15)12(10)14/h3-5H,6-9,15H2,1-2H3. The summed E-state index contributed by atoms with van der Waals surface area (Å²) in [6, 6.07) is 6.03. The molecule has 17 heavy (non-hydrogen) atoms. The summed E-state index contributed by atoms with van der Waals surface area (Å²) in [5, 5.41) is 0. The van der Waals surface area contributed by atoms with Crippen molar-refractivity contribution < 1.29 is 4.74 Å². The topological polar surface area (TPSA) is 38.5 Å². The molecule has 94 valence electrons. The fraction of sp³-hybridized carbons (Fsp3) is 0.538. The highest BCUT2D eigenvalue weighted by Gasteiger charge is 2.27. The van der Waals surface area contributed by atoms with Gasteiger partial charge < -0.3 is 10.5 Å². The van der Waals surface area contributed by atoms with Crippen molar-refractivity contribution in [1.29, 1.82) is 0 Å². The van der Waals surface area contributed by atoms with E-state index in [2.05, 4.69) is 40.7 Å². The Kier molecular flexibility index (Phi) is 3.76. The number of halogens is 1. The molecule has 0 bridgehead atoms. The Labute approximate surface area is 111 Å². The second-order valence-corrected chi connectivity index (χ2v) is 5.93. The van der Waals surface area contributed by atoms with Gasteiger partial charge in [0.2, 0.25) is 0 Å². The van der Waals surface area contributed by atoms with Gasteiger partial charge in [-0.1, -0.05) is 12.1 Å². The third-order valence-electron chi connectivity index (χ3n) is 3.01. The first-order chi connectivity index (χ1) is 7.98. The molecule has 1 heterocycles. The third-order valence-corrected chi connectivity index (χ3v) is 3.97. The van der Waals surface area contributed by atoms with Crippen LogP contribution in [0.15, 0.2) is 22.7 Å². The highest BCUT2D eigenvalue weighted by Crippen LogP contribution is 2.26. The molecule has 1 aromatic carbocycles. The van der Waals surface area contributed by atoms with Crippen molar-refractivity contribution in [2.45, 2.75) is 26.0 Å². The molecule has 0 radical (unpaired) electrons. The molecular formula is C13H19BrN2O. The summed E-state index contributed by atoms with van der Waals surface area (Å²) in [6.07, 6.45) is 0. The van der Waals surface area contributed by atoms with E-state index in [1.807, 2.05) is 12.1 Å².